The van der Waals surface area contributed by atoms with Crippen LogP contribution in [0.1, 0.15) is 18.4 Å². The van der Waals surface area contributed by atoms with Gasteiger partial charge in [-0.25, -0.2) is 4.79 Å². The molecule has 1 aliphatic carbocycles. The first kappa shape index (κ1) is 11.7. The number of carbonyl (C=O) groups excluding carboxylic acids is 1. The average Bonchev–Trinajstić information content (AvgIpc) is 3.14. The maximum absolute atomic E-state index is 11.4. The first-order valence-electron chi connectivity index (χ1n) is 6.09. The Labute approximate surface area is 102 Å². The Bertz CT molecular complexity index is 382. The number of hydrogen-bond acceptors (Lipinski definition) is 1. The van der Waals surface area contributed by atoms with Gasteiger partial charge in [0.15, 0.2) is 0 Å². The van der Waals surface area contributed by atoms with Crippen molar-refractivity contribution in [3.63, 3.8) is 0 Å². The highest BCUT2D eigenvalue weighted by Gasteiger charge is 2.16. The molecule has 3 nitrogen and oxygen atoms in total. The fraction of sp³-hybridized carbons (Fsp3) is 0.357. The molecular weight excluding hydrogens is 212 g/mol. The quantitative estimate of drug-likeness (QED) is 0.801. The monoisotopic (exact) mass is 230 g/mol. The fourth-order valence-corrected chi connectivity index (χ4v) is 1.56. The van der Waals surface area contributed by atoms with Crippen molar-refractivity contribution in [2.45, 2.75) is 19.3 Å². The number of nitrogens with one attached hydrogen (secondary N) is 2. The van der Waals surface area contributed by atoms with Gasteiger partial charge in [-0.1, -0.05) is 36.4 Å². The van der Waals surface area contributed by atoms with Crippen molar-refractivity contribution in [3.8, 4) is 0 Å². The van der Waals surface area contributed by atoms with Crippen LogP contribution in [0, 0.1) is 5.92 Å². The van der Waals surface area contributed by atoms with Crippen LogP contribution in [0.4, 0.5) is 4.79 Å². The van der Waals surface area contributed by atoms with E-state index >= 15 is 0 Å². The van der Waals surface area contributed by atoms with Crippen LogP contribution in [0.3, 0.4) is 0 Å². The number of rotatable bonds is 5. The molecule has 0 spiro atoms. The van der Waals surface area contributed by atoms with Crippen molar-refractivity contribution >= 4 is 6.03 Å². The molecule has 0 bridgehead atoms. The summed E-state index contributed by atoms with van der Waals surface area (Å²) < 4.78 is 0. The topological polar surface area (TPSA) is 41.1 Å². The zero-order valence-corrected chi connectivity index (χ0v) is 9.86. The number of allylic oxidation sites excluding steroid dienone is 1. The summed E-state index contributed by atoms with van der Waals surface area (Å²) in [5, 5.41) is 5.53. The minimum Gasteiger partial charge on any atom is -0.338 e. The standard InChI is InChI=1S/C14H18N2O/c17-14(16-11-9-13-6-7-13)15-10-8-12-4-2-1-3-5-12/h1-5,9,11,13H,6-8,10H2,(H2,15,16,17)/b11-9+. The first-order chi connectivity index (χ1) is 8.34. The molecule has 1 saturated carbocycles. The van der Waals surface area contributed by atoms with Gasteiger partial charge in [0.05, 0.1) is 0 Å². The van der Waals surface area contributed by atoms with Gasteiger partial charge >= 0.3 is 6.03 Å². The second-order valence-corrected chi connectivity index (χ2v) is 4.33. The van der Waals surface area contributed by atoms with Gasteiger partial charge in [0.2, 0.25) is 0 Å². The van der Waals surface area contributed by atoms with E-state index in [1.807, 2.05) is 18.2 Å². The minimum absolute atomic E-state index is 0.127. The van der Waals surface area contributed by atoms with Gasteiger partial charge in [0.1, 0.15) is 0 Å². The molecule has 17 heavy (non-hydrogen) atoms. The summed E-state index contributed by atoms with van der Waals surface area (Å²) in [4.78, 5) is 11.4. The average molecular weight is 230 g/mol. The fourth-order valence-electron chi connectivity index (χ4n) is 1.56. The Hall–Kier alpha value is -1.77. The highest BCUT2D eigenvalue weighted by atomic mass is 16.2. The van der Waals surface area contributed by atoms with Gasteiger partial charge in [-0.15, -0.1) is 0 Å². The third-order valence-electron chi connectivity index (χ3n) is 2.75. The summed E-state index contributed by atoms with van der Waals surface area (Å²) in [6, 6.07) is 10.0. The largest absolute Gasteiger partial charge is 0.338 e. The van der Waals surface area contributed by atoms with Crippen molar-refractivity contribution < 1.29 is 4.79 Å². The molecule has 3 heteroatoms. The summed E-state index contributed by atoms with van der Waals surface area (Å²) in [5.41, 5.74) is 1.24. The molecule has 0 radical (unpaired) electrons. The van der Waals surface area contributed by atoms with Crippen molar-refractivity contribution in [1.29, 1.82) is 0 Å². The van der Waals surface area contributed by atoms with Crippen molar-refractivity contribution in [3.05, 3.63) is 48.2 Å². The smallest absolute Gasteiger partial charge is 0.318 e. The van der Waals surface area contributed by atoms with E-state index in [1.165, 1.54) is 18.4 Å². The molecule has 0 heterocycles. The molecule has 0 aliphatic heterocycles. The van der Waals surface area contributed by atoms with Crippen molar-refractivity contribution in [1.82, 2.24) is 10.6 Å². The molecule has 0 aromatic heterocycles. The summed E-state index contributed by atoms with van der Waals surface area (Å²) in [7, 11) is 0. The van der Waals surface area contributed by atoms with E-state index in [1.54, 1.807) is 6.20 Å². The highest BCUT2D eigenvalue weighted by Crippen LogP contribution is 2.29. The third kappa shape index (κ3) is 4.72. The molecule has 0 unspecified atom stereocenters. The van der Waals surface area contributed by atoms with Gasteiger partial charge in [0.25, 0.3) is 0 Å². The van der Waals surface area contributed by atoms with Gasteiger partial charge in [-0.05, 0) is 30.7 Å². The zero-order chi connectivity index (χ0) is 11.9. The van der Waals surface area contributed by atoms with Crippen LogP contribution in [-0.4, -0.2) is 12.6 Å². The molecule has 1 aromatic rings. The lowest BCUT2D eigenvalue weighted by atomic mass is 10.1. The zero-order valence-electron chi connectivity index (χ0n) is 9.86. The van der Waals surface area contributed by atoms with E-state index in [0.717, 1.165) is 6.42 Å². The van der Waals surface area contributed by atoms with Crippen molar-refractivity contribution in [2.75, 3.05) is 6.54 Å². The van der Waals surface area contributed by atoms with Gasteiger partial charge in [0, 0.05) is 12.7 Å². The Morgan fingerprint density at radius 1 is 1.29 bits per heavy atom. The SMILES string of the molecule is O=C(N/C=C/C1CC1)NCCc1ccccc1. The predicted molar refractivity (Wildman–Crippen MR) is 68.5 cm³/mol. The van der Waals surface area contributed by atoms with Crippen LogP contribution in [0.25, 0.3) is 0 Å². The molecule has 0 saturated heterocycles. The van der Waals surface area contributed by atoms with E-state index in [9.17, 15) is 4.79 Å². The predicted octanol–water partition coefficient (Wildman–Crippen LogP) is 2.45. The molecule has 90 valence electrons. The first-order valence-corrected chi connectivity index (χ1v) is 6.09. The van der Waals surface area contributed by atoms with E-state index in [2.05, 4.69) is 28.8 Å². The summed E-state index contributed by atoms with van der Waals surface area (Å²) in [6.07, 6.45) is 7.18. The lowest BCUT2D eigenvalue weighted by Crippen LogP contribution is -2.33. The number of hydrogen-bond donors (Lipinski definition) is 2. The molecule has 2 rings (SSSR count). The molecule has 1 aliphatic rings. The Morgan fingerprint density at radius 3 is 2.76 bits per heavy atom. The number of carbonyl (C=O) groups is 1. The molecule has 2 N–H and O–H groups in total. The molecule has 1 aromatic carbocycles. The maximum Gasteiger partial charge on any atom is 0.318 e. The van der Waals surface area contributed by atoms with E-state index in [0.29, 0.717) is 12.5 Å². The van der Waals surface area contributed by atoms with Crippen LogP contribution in [0.2, 0.25) is 0 Å². The number of benzene rings is 1. The summed E-state index contributed by atoms with van der Waals surface area (Å²) >= 11 is 0. The lowest BCUT2D eigenvalue weighted by Gasteiger charge is -2.04. The second-order valence-electron chi connectivity index (χ2n) is 4.33. The Morgan fingerprint density at radius 2 is 2.06 bits per heavy atom. The van der Waals surface area contributed by atoms with Crippen molar-refractivity contribution in [2.24, 2.45) is 5.92 Å². The van der Waals surface area contributed by atoms with Crippen LogP contribution in [0.5, 0.6) is 0 Å². The Balaban J connectivity index is 1.59. The molecule has 0 atom stereocenters. The summed E-state index contributed by atoms with van der Waals surface area (Å²) in [6.45, 7) is 0.660. The second kappa shape index (κ2) is 6.09. The van der Waals surface area contributed by atoms with Gasteiger partial charge in [-0.2, -0.15) is 0 Å². The van der Waals surface area contributed by atoms with Gasteiger partial charge in [-0.3, -0.25) is 0 Å². The molecular formula is C14H18N2O. The highest BCUT2D eigenvalue weighted by molar-refractivity contribution is 5.74. The van der Waals surface area contributed by atoms with Crippen LogP contribution in [0.15, 0.2) is 42.6 Å². The van der Waals surface area contributed by atoms with Crippen LogP contribution in [-0.2, 0) is 6.42 Å². The third-order valence-corrected chi connectivity index (χ3v) is 2.75. The molecule has 2 amide bonds. The number of urea groups is 1. The lowest BCUT2D eigenvalue weighted by molar-refractivity contribution is 0.244. The Kier molecular flexibility index (Phi) is 4.19. The van der Waals surface area contributed by atoms with E-state index in [4.69, 9.17) is 0 Å². The van der Waals surface area contributed by atoms with E-state index in [-0.39, 0.29) is 6.03 Å². The van der Waals surface area contributed by atoms with E-state index < -0.39 is 0 Å². The number of amides is 2. The van der Waals surface area contributed by atoms with Crippen LogP contribution < -0.4 is 10.6 Å². The maximum atomic E-state index is 11.4. The van der Waals surface area contributed by atoms with Crippen LogP contribution >= 0.6 is 0 Å². The summed E-state index contributed by atoms with van der Waals surface area (Å²) in [5.74, 6) is 0.694. The van der Waals surface area contributed by atoms with Gasteiger partial charge < -0.3 is 10.6 Å². The normalized spacial score (nSPS) is 14.8. The minimum atomic E-state index is -0.127. The molecule has 1 fully saturated rings.